The molecule has 196 valence electrons. The Balaban J connectivity index is 3.00. The summed E-state index contributed by atoms with van der Waals surface area (Å²) in [6, 6.07) is -4.88. The zero-order chi connectivity index (χ0) is 26.7. The number of carboxylic acid groups (broad SMARTS) is 2. The van der Waals surface area contributed by atoms with Crippen molar-refractivity contribution in [1.82, 2.24) is 25.9 Å². The Bertz CT molecular complexity index is 874. The second-order valence-corrected chi connectivity index (χ2v) is 8.94. The maximum atomic E-state index is 13.0. The molecule has 0 saturated heterocycles. The average Bonchev–Trinajstić information content (AvgIpc) is 3.28. The van der Waals surface area contributed by atoms with Gasteiger partial charge in [-0.3, -0.25) is 19.2 Å². The molecule has 0 bridgehead atoms. The molecule has 1 aromatic heterocycles. The third-order valence-corrected chi connectivity index (χ3v) is 5.51. The summed E-state index contributed by atoms with van der Waals surface area (Å²) in [5.74, 6) is -5.19. The van der Waals surface area contributed by atoms with Gasteiger partial charge in [0.05, 0.1) is 18.8 Å². The van der Waals surface area contributed by atoms with Crippen LogP contribution in [-0.4, -0.2) is 74.0 Å². The molecule has 0 aliphatic carbocycles. The van der Waals surface area contributed by atoms with Gasteiger partial charge in [0.15, 0.2) is 0 Å². The van der Waals surface area contributed by atoms with E-state index >= 15 is 0 Å². The van der Waals surface area contributed by atoms with Crippen LogP contribution in [0.2, 0.25) is 0 Å². The lowest BCUT2D eigenvalue weighted by atomic mass is 9.97. The fraction of sp³-hybridized carbons (Fsp3) is 0.636. The number of aromatic nitrogens is 2. The number of hydrogen-bond donors (Lipinski definition) is 7. The van der Waals surface area contributed by atoms with Gasteiger partial charge in [0.2, 0.25) is 17.7 Å². The molecule has 3 amide bonds. The lowest BCUT2D eigenvalue weighted by molar-refractivity contribution is -0.143. The summed E-state index contributed by atoms with van der Waals surface area (Å²) in [5, 5.41) is 25.9. The van der Waals surface area contributed by atoms with E-state index in [0.717, 1.165) is 0 Å². The first-order chi connectivity index (χ1) is 16.3. The van der Waals surface area contributed by atoms with Gasteiger partial charge in [-0.25, -0.2) is 9.78 Å². The summed E-state index contributed by atoms with van der Waals surface area (Å²) < 4.78 is 0. The fourth-order valence-corrected chi connectivity index (χ4v) is 3.23. The van der Waals surface area contributed by atoms with Crippen molar-refractivity contribution in [1.29, 1.82) is 0 Å². The molecular weight excluding hydrogens is 460 g/mol. The van der Waals surface area contributed by atoms with Crippen LogP contribution in [0.25, 0.3) is 0 Å². The van der Waals surface area contributed by atoms with Gasteiger partial charge >= 0.3 is 11.9 Å². The van der Waals surface area contributed by atoms with Crippen molar-refractivity contribution < 1.29 is 34.2 Å². The summed E-state index contributed by atoms with van der Waals surface area (Å²) in [5.41, 5.74) is 6.40. The second kappa shape index (κ2) is 14.0. The standard InChI is InChI=1S/C22H36N6O7/c1-5-12(4)18(23)21(33)27-14(6-11(2)3)19(31)26-15(8-17(29)30)20(32)28-16(22(34)35)7-13-9-24-10-25-13/h9-12,14-16,18H,5-8,23H2,1-4H3,(H,24,25)(H,26,31)(H,27,33)(H,28,32)(H,29,30)(H,34,35). The molecule has 0 spiro atoms. The topological polar surface area (TPSA) is 217 Å². The van der Waals surface area contributed by atoms with Gasteiger partial charge < -0.3 is 36.9 Å². The van der Waals surface area contributed by atoms with Gasteiger partial charge in [0.1, 0.15) is 18.1 Å². The van der Waals surface area contributed by atoms with Crippen molar-refractivity contribution in [2.75, 3.05) is 0 Å². The second-order valence-electron chi connectivity index (χ2n) is 8.94. The summed E-state index contributed by atoms with van der Waals surface area (Å²) in [6.45, 7) is 7.34. The van der Waals surface area contributed by atoms with Gasteiger partial charge in [0, 0.05) is 18.3 Å². The van der Waals surface area contributed by atoms with E-state index in [4.69, 9.17) is 5.73 Å². The Hall–Kier alpha value is -3.48. The highest BCUT2D eigenvalue weighted by atomic mass is 16.4. The lowest BCUT2D eigenvalue weighted by Gasteiger charge is -2.26. The van der Waals surface area contributed by atoms with Gasteiger partial charge in [-0.2, -0.15) is 0 Å². The number of aromatic amines is 1. The largest absolute Gasteiger partial charge is 0.481 e. The zero-order valence-electron chi connectivity index (χ0n) is 20.4. The first kappa shape index (κ1) is 29.6. The normalized spacial score (nSPS) is 15.4. The predicted molar refractivity (Wildman–Crippen MR) is 125 cm³/mol. The van der Waals surface area contributed by atoms with Crippen LogP contribution in [0, 0.1) is 11.8 Å². The molecule has 13 heteroatoms. The molecule has 1 heterocycles. The van der Waals surface area contributed by atoms with Gasteiger partial charge in [-0.05, 0) is 18.3 Å². The van der Waals surface area contributed by atoms with Crippen LogP contribution >= 0.6 is 0 Å². The molecule has 5 unspecified atom stereocenters. The smallest absolute Gasteiger partial charge is 0.326 e. The maximum Gasteiger partial charge on any atom is 0.326 e. The van der Waals surface area contributed by atoms with Crippen molar-refractivity contribution in [3.05, 3.63) is 18.2 Å². The number of H-pyrrole nitrogens is 1. The highest BCUT2D eigenvalue weighted by Gasteiger charge is 2.32. The first-order valence-electron chi connectivity index (χ1n) is 11.4. The maximum absolute atomic E-state index is 13.0. The van der Waals surface area contributed by atoms with E-state index in [1.807, 2.05) is 20.8 Å². The molecule has 0 radical (unpaired) electrons. The number of nitrogens with zero attached hydrogens (tertiary/aromatic N) is 1. The molecule has 0 aromatic carbocycles. The third kappa shape index (κ3) is 10.1. The third-order valence-electron chi connectivity index (χ3n) is 5.51. The van der Waals surface area contributed by atoms with Gasteiger partial charge in [0.25, 0.3) is 0 Å². The summed E-state index contributed by atoms with van der Waals surface area (Å²) in [7, 11) is 0. The Labute approximate surface area is 203 Å². The fourth-order valence-electron chi connectivity index (χ4n) is 3.23. The number of carbonyl (C=O) groups excluding carboxylic acids is 3. The molecule has 0 fully saturated rings. The van der Waals surface area contributed by atoms with Crippen molar-refractivity contribution in [2.24, 2.45) is 17.6 Å². The van der Waals surface area contributed by atoms with E-state index in [0.29, 0.717) is 12.1 Å². The van der Waals surface area contributed by atoms with Crippen molar-refractivity contribution >= 4 is 29.7 Å². The molecule has 8 N–H and O–H groups in total. The number of carboxylic acids is 2. The first-order valence-corrected chi connectivity index (χ1v) is 11.4. The van der Waals surface area contributed by atoms with Crippen molar-refractivity contribution in [3.63, 3.8) is 0 Å². The molecule has 0 saturated carbocycles. The molecule has 0 aliphatic heterocycles. The van der Waals surface area contributed by atoms with Crippen LogP contribution in [0.4, 0.5) is 0 Å². The van der Waals surface area contributed by atoms with Crippen molar-refractivity contribution in [2.45, 2.75) is 77.5 Å². The number of imidazole rings is 1. The highest BCUT2D eigenvalue weighted by Crippen LogP contribution is 2.10. The Morgan fingerprint density at radius 3 is 2.03 bits per heavy atom. The van der Waals surface area contributed by atoms with Crippen LogP contribution in [0.5, 0.6) is 0 Å². The van der Waals surface area contributed by atoms with E-state index in [9.17, 15) is 34.2 Å². The number of nitrogens with two attached hydrogens (primary N) is 1. The van der Waals surface area contributed by atoms with E-state index in [-0.39, 0.29) is 24.7 Å². The van der Waals surface area contributed by atoms with Crippen LogP contribution in [0.3, 0.4) is 0 Å². The molecular formula is C22H36N6O7. The van der Waals surface area contributed by atoms with E-state index in [2.05, 4.69) is 25.9 Å². The van der Waals surface area contributed by atoms with Crippen LogP contribution in [0.15, 0.2) is 12.5 Å². The van der Waals surface area contributed by atoms with Crippen LogP contribution in [-0.2, 0) is 30.4 Å². The van der Waals surface area contributed by atoms with Crippen LogP contribution < -0.4 is 21.7 Å². The minimum atomic E-state index is -1.57. The number of hydrogen-bond acceptors (Lipinski definition) is 7. The summed E-state index contributed by atoms with van der Waals surface area (Å²) in [6.07, 6.45) is 2.68. The zero-order valence-corrected chi connectivity index (χ0v) is 20.4. The SMILES string of the molecule is CCC(C)C(N)C(=O)NC(CC(C)C)C(=O)NC(CC(=O)O)C(=O)NC(Cc1cnc[nH]1)C(=O)O. The summed E-state index contributed by atoms with van der Waals surface area (Å²) in [4.78, 5) is 67.8. The number of rotatable bonds is 15. The number of aliphatic carboxylic acids is 2. The summed E-state index contributed by atoms with van der Waals surface area (Å²) >= 11 is 0. The minimum absolute atomic E-state index is 0.0246. The van der Waals surface area contributed by atoms with Gasteiger partial charge in [-0.15, -0.1) is 0 Å². The Kier molecular flexibility index (Phi) is 11.9. The molecule has 35 heavy (non-hydrogen) atoms. The van der Waals surface area contributed by atoms with E-state index in [1.165, 1.54) is 12.5 Å². The average molecular weight is 497 g/mol. The van der Waals surface area contributed by atoms with Crippen molar-refractivity contribution in [3.8, 4) is 0 Å². The molecule has 1 rings (SSSR count). The van der Waals surface area contributed by atoms with E-state index < -0.39 is 60.2 Å². The Morgan fingerprint density at radius 2 is 1.54 bits per heavy atom. The molecule has 13 nitrogen and oxygen atoms in total. The number of amides is 3. The molecule has 5 atom stereocenters. The molecule has 1 aromatic rings. The van der Waals surface area contributed by atoms with Gasteiger partial charge in [-0.1, -0.05) is 34.1 Å². The Morgan fingerprint density at radius 1 is 0.971 bits per heavy atom. The number of carbonyl (C=O) groups is 5. The predicted octanol–water partition coefficient (Wildman–Crippen LogP) is -0.615. The monoisotopic (exact) mass is 496 g/mol. The van der Waals surface area contributed by atoms with E-state index in [1.54, 1.807) is 6.92 Å². The minimum Gasteiger partial charge on any atom is -0.481 e. The highest BCUT2D eigenvalue weighted by molar-refractivity contribution is 5.95. The molecule has 0 aliphatic rings. The van der Waals surface area contributed by atoms with Crippen LogP contribution in [0.1, 0.15) is 52.7 Å². The number of nitrogens with one attached hydrogen (secondary N) is 4. The quantitative estimate of drug-likeness (QED) is 0.164. The lowest BCUT2D eigenvalue weighted by Crippen LogP contribution is -2.58.